The van der Waals surface area contributed by atoms with E-state index in [-0.39, 0.29) is 5.41 Å². The van der Waals surface area contributed by atoms with Crippen LogP contribution in [0, 0.1) is 0 Å². The SMILES string of the molecule is CC1(C)c2cc(-c3ccccc3-c3ccc(N(c4ccccc4)c4ccccc4)cc3)ccc2-c2cc3ccc4ccccc4c3cc21. The van der Waals surface area contributed by atoms with E-state index >= 15 is 0 Å². The fourth-order valence-corrected chi connectivity index (χ4v) is 7.78. The molecular formula is C47H35N. The largest absolute Gasteiger partial charge is 0.311 e. The van der Waals surface area contributed by atoms with Crippen molar-refractivity contribution in [3.05, 3.63) is 187 Å². The fourth-order valence-electron chi connectivity index (χ4n) is 7.78. The lowest BCUT2D eigenvalue weighted by molar-refractivity contribution is 0.661. The molecule has 0 bridgehead atoms. The monoisotopic (exact) mass is 613 g/mol. The number of benzene rings is 8. The molecule has 0 amide bonds. The average molecular weight is 614 g/mol. The highest BCUT2D eigenvalue weighted by Gasteiger charge is 2.36. The van der Waals surface area contributed by atoms with E-state index in [0.717, 1.165) is 17.1 Å². The fraction of sp³-hybridized carbons (Fsp3) is 0.0638. The molecule has 0 aromatic heterocycles. The van der Waals surface area contributed by atoms with Crippen LogP contribution >= 0.6 is 0 Å². The summed E-state index contributed by atoms with van der Waals surface area (Å²) in [4.78, 5) is 2.31. The van der Waals surface area contributed by atoms with Crippen LogP contribution in [0.2, 0.25) is 0 Å². The topological polar surface area (TPSA) is 3.24 Å². The second kappa shape index (κ2) is 11.1. The summed E-state index contributed by atoms with van der Waals surface area (Å²) >= 11 is 0. The highest BCUT2D eigenvalue weighted by atomic mass is 15.1. The van der Waals surface area contributed by atoms with Crippen LogP contribution in [-0.4, -0.2) is 0 Å². The molecule has 1 nitrogen and oxygen atoms in total. The van der Waals surface area contributed by atoms with Gasteiger partial charge >= 0.3 is 0 Å². The maximum absolute atomic E-state index is 2.45. The first-order chi connectivity index (χ1) is 23.6. The van der Waals surface area contributed by atoms with Gasteiger partial charge in [0.15, 0.2) is 0 Å². The summed E-state index contributed by atoms with van der Waals surface area (Å²) in [6.45, 7) is 4.77. The van der Waals surface area contributed by atoms with Crippen LogP contribution in [0.5, 0.6) is 0 Å². The predicted molar refractivity (Wildman–Crippen MR) is 205 cm³/mol. The summed E-state index contributed by atoms with van der Waals surface area (Å²) in [6, 6.07) is 64.2. The van der Waals surface area contributed by atoms with Gasteiger partial charge in [0.25, 0.3) is 0 Å². The molecule has 0 spiro atoms. The van der Waals surface area contributed by atoms with Gasteiger partial charge in [0.2, 0.25) is 0 Å². The van der Waals surface area contributed by atoms with Crippen molar-refractivity contribution in [1.29, 1.82) is 0 Å². The van der Waals surface area contributed by atoms with Gasteiger partial charge in [-0.2, -0.15) is 0 Å². The minimum absolute atomic E-state index is 0.110. The molecule has 0 saturated carbocycles. The van der Waals surface area contributed by atoms with Crippen molar-refractivity contribution in [3.8, 4) is 33.4 Å². The molecule has 0 fully saturated rings. The lowest BCUT2D eigenvalue weighted by Gasteiger charge is -2.25. The summed E-state index contributed by atoms with van der Waals surface area (Å²) in [6.07, 6.45) is 0. The van der Waals surface area contributed by atoms with Crippen molar-refractivity contribution < 1.29 is 0 Å². The molecule has 1 heteroatoms. The minimum Gasteiger partial charge on any atom is -0.311 e. The molecule has 8 aromatic rings. The first-order valence-electron chi connectivity index (χ1n) is 16.8. The van der Waals surface area contributed by atoms with E-state index in [2.05, 4.69) is 195 Å². The van der Waals surface area contributed by atoms with E-state index in [0.29, 0.717) is 0 Å². The van der Waals surface area contributed by atoms with Crippen LogP contribution in [0.3, 0.4) is 0 Å². The van der Waals surface area contributed by atoms with Crippen LogP contribution in [0.4, 0.5) is 17.1 Å². The normalized spacial score (nSPS) is 13.0. The maximum atomic E-state index is 2.45. The Morgan fingerprint density at radius 3 is 1.60 bits per heavy atom. The van der Waals surface area contributed by atoms with Gasteiger partial charge in [-0.15, -0.1) is 0 Å². The zero-order chi connectivity index (χ0) is 32.2. The molecule has 0 radical (unpaired) electrons. The van der Waals surface area contributed by atoms with Crippen molar-refractivity contribution in [2.45, 2.75) is 19.3 Å². The molecule has 0 N–H and O–H groups in total. The second-order valence-corrected chi connectivity index (χ2v) is 13.4. The zero-order valence-corrected chi connectivity index (χ0v) is 27.2. The molecule has 8 aromatic carbocycles. The smallest absolute Gasteiger partial charge is 0.0462 e. The van der Waals surface area contributed by atoms with Crippen LogP contribution in [0.1, 0.15) is 25.0 Å². The van der Waals surface area contributed by atoms with Crippen LogP contribution < -0.4 is 4.90 Å². The first kappa shape index (κ1) is 28.3. The molecule has 48 heavy (non-hydrogen) atoms. The van der Waals surface area contributed by atoms with E-state index in [1.54, 1.807) is 0 Å². The Hall–Kier alpha value is -5.92. The summed E-state index contributed by atoms with van der Waals surface area (Å²) in [5.41, 5.74) is 13.7. The standard InChI is InChI=1S/C47H35N/c1-47(2)45-30-35(25-28-42(45)44-29-34-22-21-32-13-9-10-19-40(32)43(34)31-46(44)47)41-20-12-11-18-39(41)33-23-26-38(27-24-33)48(36-14-5-3-6-15-36)37-16-7-4-8-17-37/h3-31H,1-2H3. The molecular weight excluding hydrogens is 579 g/mol. The van der Waals surface area contributed by atoms with Crippen molar-refractivity contribution in [1.82, 2.24) is 0 Å². The third kappa shape index (κ3) is 4.54. The third-order valence-electron chi connectivity index (χ3n) is 10.2. The van der Waals surface area contributed by atoms with E-state index in [4.69, 9.17) is 0 Å². The van der Waals surface area contributed by atoms with E-state index in [1.807, 2.05) is 0 Å². The molecule has 1 aliphatic rings. The Morgan fingerprint density at radius 2 is 0.896 bits per heavy atom. The Labute approximate surface area is 282 Å². The summed E-state index contributed by atoms with van der Waals surface area (Å²) < 4.78 is 0. The molecule has 0 atom stereocenters. The Kier molecular flexibility index (Phi) is 6.55. The molecule has 0 aliphatic heterocycles. The second-order valence-electron chi connectivity index (χ2n) is 13.4. The van der Waals surface area contributed by atoms with E-state index in [1.165, 1.54) is 66.1 Å². The van der Waals surface area contributed by atoms with Crippen molar-refractivity contribution in [2.24, 2.45) is 0 Å². The van der Waals surface area contributed by atoms with Crippen molar-refractivity contribution >= 4 is 38.6 Å². The number of nitrogens with zero attached hydrogens (tertiary/aromatic N) is 1. The van der Waals surface area contributed by atoms with Gasteiger partial charge in [0, 0.05) is 22.5 Å². The highest BCUT2D eigenvalue weighted by molar-refractivity contribution is 6.09. The first-order valence-corrected chi connectivity index (χ1v) is 16.8. The quantitative estimate of drug-likeness (QED) is 0.175. The van der Waals surface area contributed by atoms with Gasteiger partial charge in [-0.1, -0.05) is 135 Å². The molecule has 228 valence electrons. The molecule has 0 saturated heterocycles. The van der Waals surface area contributed by atoms with Crippen LogP contribution in [-0.2, 0) is 5.41 Å². The molecule has 9 rings (SSSR count). The van der Waals surface area contributed by atoms with Gasteiger partial charge < -0.3 is 4.90 Å². The number of hydrogen-bond donors (Lipinski definition) is 0. The number of hydrogen-bond acceptors (Lipinski definition) is 1. The van der Waals surface area contributed by atoms with Crippen molar-refractivity contribution in [3.63, 3.8) is 0 Å². The minimum atomic E-state index is -0.110. The Balaban J connectivity index is 1.11. The zero-order valence-electron chi connectivity index (χ0n) is 27.2. The summed E-state index contributed by atoms with van der Waals surface area (Å²) in [5.74, 6) is 0. The number of para-hydroxylation sites is 2. The number of fused-ring (bicyclic) bond motifs is 6. The van der Waals surface area contributed by atoms with Gasteiger partial charge in [-0.25, -0.2) is 0 Å². The molecule has 0 unspecified atom stereocenters. The van der Waals surface area contributed by atoms with Gasteiger partial charge in [0.05, 0.1) is 0 Å². The Morgan fingerprint density at radius 1 is 0.354 bits per heavy atom. The van der Waals surface area contributed by atoms with Crippen molar-refractivity contribution in [2.75, 3.05) is 4.90 Å². The van der Waals surface area contributed by atoms with E-state index in [9.17, 15) is 0 Å². The van der Waals surface area contributed by atoms with Gasteiger partial charge in [-0.3, -0.25) is 0 Å². The maximum Gasteiger partial charge on any atom is 0.0462 e. The highest BCUT2D eigenvalue weighted by Crippen LogP contribution is 2.51. The van der Waals surface area contributed by atoms with E-state index < -0.39 is 0 Å². The van der Waals surface area contributed by atoms with Crippen LogP contribution in [0.25, 0.3) is 54.9 Å². The number of anilines is 3. The van der Waals surface area contributed by atoms with Crippen LogP contribution in [0.15, 0.2) is 176 Å². The lowest BCUT2D eigenvalue weighted by atomic mass is 9.80. The summed E-state index contributed by atoms with van der Waals surface area (Å²) in [7, 11) is 0. The number of rotatable bonds is 5. The molecule has 0 heterocycles. The predicted octanol–water partition coefficient (Wildman–Crippen LogP) is 13.1. The van der Waals surface area contributed by atoms with Gasteiger partial charge in [0.1, 0.15) is 0 Å². The average Bonchev–Trinajstić information content (AvgIpc) is 3.36. The molecule has 1 aliphatic carbocycles. The Bertz CT molecular complexity index is 2420. The third-order valence-corrected chi connectivity index (χ3v) is 10.2. The lowest BCUT2D eigenvalue weighted by Crippen LogP contribution is -2.15. The summed E-state index contributed by atoms with van der Waals surface area (Å²) in [5, 5.41) is 5.24. The van der Waals surface area contributed by atoms with Gasteiger partial charge in [-0.05, 0) is 121 Å².